The molecule has 90 valence electrons. The third kappa shape index (κ3) is 3.21. The fourth-order valence-electron chi connectivity index (χ4n) is 1.44. The van der Waals surface area contributed by atoms with Gasteiger partial charge in [-0.05, 0) is 17.7 Å². The number of ketones is 1. The zero-order chi connectivity index (χ0) is 13.2. The molecular weight excluding hydrogens is 257 g/mol. The molecule has 1 atom stereocenters. The Kier molecular flexibility index (Phi) is 4.19. The number of carbonyl (C=O) groups excluding carboxylic acids is 1. The van der Waals surface area contributed by atoms with Crippen molar-refractivity contribution in [1.29, 1.82) is 5.26 Å². The molecule has 2 nitrogen and oxygen atoms in total. The van der Waals surface area contributed by atoms with Crippen molar-refractivity contribution in [3.05, 3.63) is 33.8 Å². The van der Waals surface area contributed by atoms with E-state index >= 15 is 0 Å². The molecule has 0 aliphatic carbocycles. The minimum Gasteiger partial charge on any atom is -0.297 e. The Morgan fingerprint density at radius 2 is 1.94 bits per heavy atom. The van der Waals surface area contributed by atoms with Crippen LogP contribution in [-0.2, 0) is 4.79 Å². The molecule has 1 rings (SSSR count). The summed E-state index contributed by atoms with van der Waals surface area (Å²) in [5, 5.41) is 9.98. The molecule has 0 aliphatic rings. The van der Waals surface area contributed by atoms with Crippen LogP contribution in [0.25, 0.3) is 0 Å². The first-order chi connectivity index (χ1) is 7.77. The molecule has 0 N–H and O–H groups in total. The van der Waals surface area contributed by atoms with Gasteiger partial charge in [-0.25, -0.2) is 0 Å². The van der Waals surface area contributed by atoms with Gasteiger partial charge >= 0.3 is 0 Å². The van der Waals surface area contributed by atoms with Crippen molar-refractivity contribution in [2.24, 2.45) is 5.41 Å². The Morgan fingerprint density at radius 1 is 1.35 bits per heavy atom. The minimum absolute atomic E-state index is 0.149. The van der Waals surface area contributed by atoms with Gasteiger partial charge < -0.3 is 0 Å². The average molecular weight is 270 g/mol. The third-order valence-corrected chi connectivity index (χ3v) is 2.97. The maximum absolute atomic E-state index is 12.1. The van der Waals surface area contributed by atoms with Crippen LogP contribution in [0.3, 0.4) is 0 Å². The van der Waals surface area contributed by atoms with Crippen LogP contribution in [-0.4, -0.2) is 5.78 Å². The number of nitriles is 1. The second-order valence-corrected chi connectivity index (χ2v) is 5.69. The van der Waals surface area contributed by atoms with E-state index in [1.807, 2.05) is 6.07 Å². The zero-order valence-corrected chi connectivity index (χ0v) is 11.4. The quantitative estimate of drug-likeness (QED) is 0.807. The standard InChI is InChI=1S/C13H13Cl2NO/c1-13(2,3)12(17)10(7-16)9-5-4-8(14)6-11(9)15/h4-6,10H,1-3H3/t10-/m0/s1. The molecule has 0 saturated heterocycles. The number of hydrogen-bond acceptors (Lipinski definition) is 2. The SMILES string of the molecule is CC(C)(C)C(=O)[C@@H](C#N)c1ccc(Cl)cc1Cl. The maximum atomic E-state index is 12.1. The van der Waals surface area contributed by atoms with Crippen LogP contribution in [0.4, 0.5) is 0 Å². The highest BCUT2D eigenvalue weighted by Gasteiger charge is 2.31. The molecule has 4 heteroatoms. The number of carbonyl (C=O) groups is 1. The van der Waals surface area contributed by atoms with Crippen LogP contribution in [0.1, 0.15) is 32.3 Å². The lowest BCUT2D eigenvalue weighted by Crippen LogP contribution is -2.26. The van der Waals surface area contributed by atoms with Crippen LogP contribution >= 0.6 is 23.2 Å². The van der Waals surface area contributed by atoms with Crippen molar-refractivity contribution in [2.75, 3.05) is 0 Å². The monoisotopic (exact) mass is 269 g/mol. The molecule has 0 aliphatic heterocycles. The fraction of sp³-hybridized carbons (Fsp3) is 0.385. The number of nitrogens with zero attached hydrogens (tertiary/aromatic N) is 1. The van der Waals surface area contributed by atoms with Gasteiger partial charge in [0.1, 0.15) is 5.92 Å². The Bertz CT molecular complexity index is 483. The predicted molar refractivity (Wildman–Crippen MR) is 69.3 cm³/mol. The average Bonchev–Trinajstić information content (AvgIpc) is 2.20. The van der Waals surface area contributed by atoms with Gasteiger partial charge in [0.05, 0.1) is 6.07 Å². The smallest absolute Gasteiger partial charge is 0.159 e. The number of Topliss-reactive ketones (excluding diaryl/α,β-unsaturated/α-hetero) is 1. The Balaban J connectivity index is 3.21. The van der Waals surface area contributed by atoms with Gasteiger partial charge in [-0.15, -0.1) is 0 Å². The summed E-state index contributed by atoms with van der Waals surface area (Å²) in [6.45, 7) is 5.34. The van der Waals surface area contributed by atoms with Gasteiger partial charge in [-0.1, -0.05) is 50.0 Å². The summed E-state index contributed by atoms with van der Waals surface area (Å²) in [7, 11) is 0. The molecular formula is C13H13Cl2NO. The van der Waals surface area contributed by atoms with Crippen molar-refractivity contribution >= 4 is 29.0 Å². The van der Waals surface area contributed by atoms with E-state index in [0.29, 0.717) is 15.6 Å². The van der Waals surface area contributed by atoms with Crippen LogP contribution in [0, 0.1) is 16.7 Å². The van der Waals surface area contributed by atoms with Gasteiger partial charge in [-0.3, -0.25) is 4.79 Å². The zero-order valence-electron chi connectivity index (χ0n) is 9.92. The molecule has 0 aromatic heterocycles. The summed E-state index contributed by atoms with van der Waals surface area (Å²) >= 11 is 11.8. The second kappa shape index (κ2) is 5.08. The molecule has 0 spiro atoms. The number of halogens is 2. The van der Waals surface area contributed by atoms with Crippen LogP contribution < -0.4 is 0 Å². The van der Waals surface area contributed by atoms with Crippen LogP contribution in [0.2, 0.25) is 10.0 Å². The van der Waals surface area contributed by atoms with E-state index < -0.39 is 11.3 Å². The molecule has 0 bridgehead atoms. The van der Waals surface area contributed by atoms with Gasteiger partial charge in [0, 0.05) is 15.5 Å². The van der Waals surface area contributed by atoms with Crippen molar-refractivity contribution < 1.29 is 4.79 Å². The fourth-order valence-corrected chi connectivity index (χ4v) is 1.96. The van der Waals surface area contributed by atoms with E-state index in [0.717, 1.165) is 0 Å². The summed E-state index contributed by atoms with van der Waals surface area (Å²) in [6, 6.07) is 6.80. The van der Waals surface area contributed by atoms with Gasteiger partial charge in [0.15, 0.2) is 5.78 Å². The molecule has 0 amide bonds. The highest BCUT2D eigenvalue weighted by Crippen LogP contribution is 2.32. The highest BCUT2D eigenvalue weighted by atomic mass is 35.5. The number of hydrogen-bond donors (Lipinski definition) is 0. The lowest BCUT2D eigenvalue weighted by atomic mass is 9.80. The largest absolute Gasteiger partial charge is 0.297 e. The summed E-state index contributed by atoms with van der Waals surface area (Å²) in [4.78, 5) is 12.1. The lowest BCUT2D eigenvalue weighted by molar-refractivity contribution is -0.126. The maximum Gasteiger partial charge on any atom is 0.159 e. The Labute approximate surface area is 111 Å². The van der Waals surface area contributed by atoms with Gasteiger partial charge in [-0.2, -0.15) is 5.26 Å². The van der Waals surface area contributed by atoms with Crippen molar-refractivity contribution in [3.8, 4) is 6.07 Å². The number of rotatable bonds is 2. The predicted octanol–water partition coefficient (Wildman–Crippen LogP) is 4.22. The number of benzene rings is 1. The van der Waals surface area contributed by atoms with Gasteiger partial charge in [0.2, 0.25) is 0 Å². The van der Waals surface area contributed by atoms with Crippen LogP contribution in [0.15, 0.2) is 18.2 Å². The summed E-state index contributed by atoms with van der Waals surface area (Å²) in [5.74, 6) is -0.996. The summed E-state index contributed by atoms with van der Waals surface area (Å²) in [5.41, 5.74) is -0.0675. The first-order valence-electron chi connectivity index (χ1n) is 5.16. The first-order valence-corrected chi connectivity index (χ1v) is 5.92. The molecule has 0 radical (unpaired) electrons. The van der Waals surface area contributed by atoms with E-state index in [1.165, 1.54) is 0 Å². The molecule has 0 saturated carbocycles. The van der Waals surface area contributed by atoms with E-state index in [2.05, 4.69) is 0 Å². The van der Waals surface area contributed by atoms with E-state index in [-0.39, 0.29) is 5.78 Å². The summed E-state index contributed by atoms with van der Waals surface area (Å²) < 4.78 is 0. The van der Waals surface area contributed by atoms with Crippen molar-refractivity contribution in [3.63, 3.8) is 0 Å². The first kappa shape index (κ1) is 14.0. The molecule has 1 aromatic rings. The van der Waals surface area contributed by atoms with E-state index in [9.17, 15) is 4.79 Å². The molecule has 17 heavy (non-hydrogen) atoms. The molecule has 1 aromatic carbocycles. The lowest BCUT2D eigenvalue weighted by Gasteiger charge is -2.21. The normalized spacial score (nSPS) is 12.9. The van der Waals surface area contributed by atoms with Gasteiger partial charge in [0.25, 0.3) is 0 Å². The van der Waals surface area contributed by atoms with Crippen molar-refractivity contribution in [1.82, 2.24) is 0 Å². The molecule has 0 unspecified atom stereocenters. The van der Waals surface area contributed by atoms with E-state index in [4.69, 9.17) is 28.5 Å². The molecule has 0 fully saturated rings. The Hall–Kier alpha value is -1.04. The minimum atomic E-state index is -0.847. The van der Waals surface area contributed by atoms with Crippen LogP contribution in [0.5, 0.6) is 0 Å². The third-order valence-electron chi connectivity index (χ3n) is 2.40. The molecule has 0 heterocycles. The Morgan fingerprint density at radius 3 is 2.35 bits per heavy atom. The highest BCUT2D eigenvalue weighted by molar-refractivity contribution is 6.35. The summed E-state index contributed by atoms with van der Waals surface area (Å²) in [6.07, 6.45) is 0. The topological polar surface area (TPSA) is 40.9 Å². The second-order valence-electron chi connectivity index (χ2n) is 4.84. The van der Waals surface area contributed by atoms with E-state index in [1.54, 1.807) is 39.0 Å². The van der Waals surface area contributed by atoms with Crippen molar-refractivity contribution in [2.45, 2.75) is 26.7 Å².